The Morgan fingerprint density at radius 1 is 0.308 bits per heavy atom. The maximum Gasteiger partial charge on any atom is 0.0619 e. The van der Waals surface area contributed by atoms with E-state index in [0.29, 0.717) is 0 Å². The van der Waals surface area contributed by atoms with Crippen LogP contribution in [0, 0.1) is 0 Å². The summed E-state index contributed by atoms with van der Waals surface area (Å²) in [7, 11) is 0. The summed E-state index contributed by atoms with van der Waals surface area (Å²) in [5, 5.41) is 9.94. The van der Waals surface area contributed by atoms with Crippen LogP contribution in [-0.2, 0) is 5.41 Å². The zero-order chi connectivity index (χ0) is 43.2. The Bertz CT molecular complexity index is 3890. The van der Waals surface area contributed by atoms with E-state index in [1.165, 1.54) is 104 Å². The van der Waals surface area contributed by atoms with Crippen LogP contribution in [0.4, 0.5) is 17.1 Å². The van der Waals surface area contributed by atoms with Crippen molar-refractivity contribution in [2.45, 2.75) is 19.3 Å². The molecule has 10 aromatic carbocycles. The number of aromatic nitrogens is 1. The second-order valence-corrected chi connectivity index (χ2v) is 18.1. The molecule has 0 unspecified atom stereocenters. The number of para-hydroxylation sites is 2. The van der Waals surface area contributed by atoms with E-state index >= 15 is 0 Å². The maximum atomic E-state index is 2.51. The second kappa shape index (κ2) is 14.4. The monoisotopic (exact) mass is 828 g/mol. The van der Waals surface area contributed by atoms with Crippen molar-refractivity contribution in [3.05, 3.63) is 242 Å². The molecule has 0 bridgehead atoms. The lowest BCUT2D eigenvalue weighted by atomic mass is 9.82. The summed E-state index contributed by atoms with van der Waals surface area (Å²) < 4.78 is 2.51. The fourth-order valence-electron chi connectivity index (χ4n) is 11.0. The summed E-state index contributed by atoms with van der Waals surface area (Å²) in [5.74, 6) is 0. The van der Waals surface area contributed by atoms with Gasteiger partial charge in [-0.05, 0) is 121 Å². The summed E-state index contributed by atoms with van der Waals surface area (Å²) in [6.45, 7) is 4.71. The molecule has 0 N–H and O–H groups in total. The molecule has 2 heterocycles. The number of rotatable bonds is 5. The molecular formula is C63H44N2. The highest BCUT2D eigenvalue weighted by atomic mass is 15.1. The number of hydrogen-bond donors (Lipinski definition) is 0. The van der Waals surface area contributed by atoms with Gasteiger partial charge in [0.05, 0.1) is 16.6 Å². The molecule has 0 aliphatic heterocycles. The van der Waals surface area contributed by atoms with Gasteiger partial charge in [-0.25, -0.2) is 0 Å². The van der Waals surface area contributed by atoms with Gasteiger partial charge in [-0.2, -0.15) is 0 Å². The SMILES string of the molecule is CC1(C)c2ccccc2-c2ccc(N(c3ccc(-c4ccccc4)cc3)c3ccc(-c4ccc5c(c4)c4cccc6c7ccccc7c7ccccc7c7ccccc7n5c64)cc3)cc21. The third-order valence-corrected chi connectivity index (χ3v) is 14.2. The second-order valence-electron chi connectivity index (χ2n) is 18.1. The number of anilines is 3. The van der Waals surface area contributed by atoms with Gasteiger partial charge >= 0.3 is 0 Å². The van der Waals surface area contributed by atoms with Crippen LogP contribution >= 0.6 is 0 Å². The lowest BCUT2D eigenvalue weighted by molar-refractivity contribution is 0.660. The van der Waals surface area contributed by atoms with E-state index < -0.39 is 0 Å². The van der Waals surface area contributed by atoms with Crippen LogP contribution in [0.5, 0.6) is 0 Å². The quantitative estimate of drug-likeness (QED) is 0.168. The third-order valence-electron chi connectivity index (χ3n) is 14.2. The molecule has 0 saturated carbocycles. The Hall–Kier alpha value is -8.20. The Labute approximate surface area is 378 Å². The molecule has 65 heavy (non-hydrogen) atoms. The topological polar surface area (TPSA) is 7.65 Å². The number of fused-ring (bicyclic) bond motifs is 13. The highest BCUT2D eigenvalue weighted by Crippen LogP contribution is 2.51. The van der Waals surface area contributed by atoms with Crippen molar-refractivity contribution in [2.24, 2.45) is 0 Å². The van der Waals surface area contributed by atoms with Gasteiger partial charge in [0.15, 0.2) is 0 Å². The van der Waals surface area contributed by atoms with Crippen LogP contribution in [0.2, 0.25) is 0 Å². The largest absolute Gasteiger partial charge is 0.310 e. The molecule has 13 rings (SSSR count). The van der Waals surface area contributed by atoms with Crippen LogP contribution in [-0.4, -0.2) is 4.40 Å². The van der Waals surface area contributed by atoms with Crippen molar-refractivity contribution in [3.8, 4) is 33.4 Å². The Morgan fingerprint density at radius 3 is 1.46 bits per heavy atom. The summed E-state index contributed by atoms with van der Waals surface area (Å²) in [6, 6.07) is 85.3. The van der Waals surface area contributed by atoms with Crippen LogP contribution in [0.15, 0.2) is 231 Å². The summed E-state index contributed by atoms with van der Waals surface area (Å²) >= 11 is 0. The van der Waals surface area contributed by atoms with E-state index in [2.05, 4.69) is 254 Å². The minimum absolute atomic E-state index is 0.107. The van der Waals surface area contributed by atoms with Crippen molar-refractivity contribution in [3.63, 3.8) is 0 Å². The van der Waals surface area contributed by atoms with Crippen molar-refractivity contribution >= 4 is 76.7 Å². The predicted molar refractivity (Wildman–Crippen MR) is 277 cm³/mol. The summed E-state index contributed by atoms with van der Waals surface area (Å²) in [6.07, 6.45) is 0. The Balaban J connectivity index is 0.976. The first-order chi connectivity index (χ1) is 32.0. The molecule has 1 aliphatic rings. The molecule has 2 aromatic heterocycles. The van der Waals surface area contributed by atoms with Gasteiger partial charge < -0.3 is 9.30 Å². The molecule has 12 aromatic rings. The lowest BCUT2D eigenvalue weighted by Crippen LogP contribution is -2.16. The molecule has 306 valence electrons. The van der Waals surface area contributed by atoms with E-state index in [1.54, 1.807) is 0 Å². The van der Waals surface area contributed by atoms with Gasteiger partial charge in [0.25, 0.3) is 0 Å². The predicted octanol–water partition coefficient (Wildman–Crippen LogP) is 17.4. The van der Waals surface area contributed by atoms with E-state index in [-0.39, 0.29) is 5.41 Å². The molecule has 1 aliphatic carbocycles. The molecule has 0 atom stereocenters. The molecule has 0 saturated heterocycles. The Morgan fingerprint density at radius 2 is 0.769 bits per heavy atom. The van der Waals surface area contributed by atoms with Gasteiger partial charge in [-0.1, -0.05) is 190 Å². The fraction of sp³-hybridized carbons (Fsp3) is 0.0476. The van der Waals surface area contributed by atoms with Gasteiger partial charge in [0, 0.05) is 44.0 Å². The first-order valence-corrected chi connectivity index (χ1v) is 22.7. The zero-order valence-corrected chi connectivity index (χ0v) is 36.3. The first-order valence-electron chi connectivity index (χ1n) is 22.7. The van der Waals surface area contributed by atoms with Gasteiger partial charge in [-0.15, -0.1) is 0 Å². The van der Waals surface area contributed by atoms with Crippen LogP contribution in [0.3, 0.4) is 0 Å². The van der Waals surface area contributed by atoms with Crippen molar-refractivity contribution in [1.29, 1.82) is 0 Å². The van der Waals surface area contributed by atoms with Crippen LogP contribution in [0.25, 0.3) is 93.0 Å². The summed E-state index contributed by atoms with van der Waals surface area (Å²) in [4.78, 5) is 2.41. The normalized spacial score (nSPS) is 12.9. The van der Waals surface area contributed by atoms with Gasteiger partial charge in [0.2, 0.25) is 0 Å². The smallest absolute Gasteiger partial charge is 0.0619 e. The van der Waals surface area contributed by atoms with Crippen molar-refractivity contribution in [1.82, 2.24) is 4.40 Å². The first kappa shape index (κ1) is 37.4. The molecule has 0 radical (unpaired) electrons. The number of benzene rings is 10. The van der Waals surface area contributed by atoms with Crippen LogP contribution < -0.4 is 4.90 Å². The van der Waals surface area contributed by atoms with Crippen molar-refractivity contribution in [2.75, 3.05) is 4.90 Å². The lowest BCUT2D eigenvalue weighted by Gasteiger charge is -2.28. The molecule has 0 fully saturated rings. The maximum absolute atomic E-state index is 2.51. The van der Waals surface area contributed by atoms with E-state index in [4.69, 9.17) is 0 Å². The average molecular weight is 829 g/mol. The molecule has 0 amide bonds. The number of hydrogen-bond acceptors (Lipinski definition) is 1. The molecule has 2 heteroatoms. The fourth-order valence-corrected chi connectivity index (χ4v) is 11.0. The number of nitrogens with zero attached hydrogens (tertiary/aromatic N) is 2. The summed E-state index contributed by atoms with van der Waals surface area (Å²) in [5.41, 5.74) is 17.1. The highest BCUT2D eigenvalue weighted by molar-refractivity contribution is 6.25. The van der Waals surface area contributed by atoms with Gasteiger partial charge in [-0.3, -0.25) is 0 Å². The van der Waals surface area contributed by atoms with E-state index in [1.807, 2.05) is 0 Å². The minimum atomic E-state index is -0.107. The minimum Gasteiger partial charge on any atom is -0.310 e. The molecular weight excluding hydrogens is 785 g/mol. The third kappa shape index (κ3) is 5.74. The van der Waals surface area contributed by atoms with Gasteiger partial charge in [0.1, 0.15) is 0 Å². The zero-order valence-electron chi connectivity index (χ0n) is 36.3. The standard InChI is InChI=1S/C63H44N2/c1-63(2)58-25-12-10-21-52(58)53-37-36-47(40-59(53)63)64(45-32-27-42(28-33-45)41-15-4-3-5-16-41)46-34-29-43(30-35-46)44-31-38-61-57(39-44)56-24-14-23-55-51-20-9-7-18-49(51)48-17-6-8-19-50(48)54-22-11-13-26-60(54)65(61)62(55)56/h3-40H,1-2H3. The average Bonchev–Trinajstić information content (AvgIpc) is 3.83. The Kier molecular flexibility index (Phi) is 8.29. The highest BCUT2D eigenvalue weighted by Gasteiger charge is 2.35. The molecule has 0 spiro atoms. The van der Waals surface area contributed by atoms with Crippen LogP contribution in [0.1, 0.15) is 25.0 Å². The molecule has 2 nitrogen and oxygen atoms in total. The van der Waals surface area contributed by atoms with E-state index in [0.717, 1.165) is 17.1 Å². The van der Waals surface area contributed by atoms with E-state index in [9.17, 15) is 0 Å². The van der Waals surface area contributed by atoms with Crippen molar-refractivity contribution < 1.29 is 0 Å².